The van der Waals surface area contributed by atoms with E-state index in [1.165, 1.54) is 12.8 Å². The van der Waals surface area contributed by atoms with Crippen LogP contribution >= 0.6 is 0 Å². The summed E-state index contributed by atoms with van der Waals surface area (Å²) in [6.07, 6.45) is 4.83. The molecule has 2 aliphatic heterocycles. The van der Waals surface area contributed by atoms with Crippen molar-refractivity contribution < 1.29 is 17.6 Å². The molecular formula is C20H33N5O4S. The first-order chi connectivity index (χ1) is 14.5. The van der Waals surface area contributed by atoms with E-state index in [4.69, 9.17) is 9.41 Å². The molecule has 30 heavy (non-hydrogen) atoms. The van der Waals surface area contributed by atoms with Crippen LogP contribution in [0.2, 0.25) is 0 Å². The molecule has 168 valence electrons. The van der Waals surface area contributed by atoms with E-state index in [0.717, 1.165) is 18.8 Å². The van der Waals surface area contributed by atoms with Gasteiger partial charge in [0.2, 0.25) is 5.91 Å². The standard InChI is InChI=1S/C20H33N5O4S/c1-2-21-20(22-9-7-19(26)24-16-8-13-30(27,28)15-16)23-14-17(18-6-5-12-29-18)25-10-3-4-11-25/h5-6,12,16-17H,2-4,7-11,13-15H2,1H3,(H,24,26)(H2,21,22,23). The maximum absolute atomic E-state index is 12.1. The highest BCUT2D eigenvalue weighted by Gasteiger charge is 2.29. The van der Waals surface area contributed by atoms with Crippen LogP contribution in [0.4, 0.5) is 0 Å². The Morgan fingerprint density at radius 3 is 2.77 bits per heavy atom. The number of carbonyl (C=O) groups is 1. The topological polar surface area (TPSA) is 116 Å². The summed E-state index contributed by atoms with van der Waals surface area (Å²) in [5, 5.41) is 9.21. The Morgan fingerprint density at radius 1 is 1.33 bits per heavy atom. The van der Waals surface area contributed by atoms with Crippen molar-refractivity contribution in [3.63, 3.8) is 0 Å². The van der Waals surface area contributed by atoms with Crippen LogP contribution in [0.1, 0.15) is 44.4 Å². The summed E-state index contributed by atoms with van der Waals surface area (Å²) in [7, 11) is -2.99. The van der Waals surface area contributed by atoms with Crippen molar-refractivity contribution in [2.75, 3.05) is 44.2 Å². The van der Waals surface area contributed by atoms with Crippen LogP contribution in [0.5, 0.6) is 0 Å². The molecule has 0 saturated carbocycles. The zero-order valence-electron chi connectivity index (χ0n) is 17.6. The number of furan rings is 1. The average molecular weight is 440 g/mol. The van der Waals surface area contributed by atoms with Gasteiger partial charge in [0, 0.05) is 25.6 Å². The summed E-state index contributed by atoms with van der Waals surface area (Å²) < 4.78 is 28.7. The van der Waals surface area contributed by atoms with Crippen LogP contribution in [0.3, 0.4) is 0 Å². The van der Waals surface area contributed by atoms with Gasteiger partial charge in [0.25, 0.3) is 0 Å². The van der Waals surface area contributed by atoms with E-state index in [2.05, 4.69) is 20.9 Å². The number of sulfone groups is 1. The maximum Gasteiger partial charge on any atom is 0.222 e. The molecule has 0 bridgehead atoms. The van der Waals surface area contributed by atoms with Crippen molar-refractivity contribution in [1.29, 1.82) is 0 Å². The Kier molecular flexibility index (Phi) is 8.15. The van der Waals surface area contributed by atoms with E-state index in [9.17, 15) is 13.2 Å². The zero-order valence-corrected chi connectivity index (χ0v) is 18.4. The van der Waals surface area contributed by atoms with Crippen LogP contribution < -0.4 is 16.0 Å². The summed E-state index contributed by atoms with van der Waals surface area (Å²) in [6, 6.07) is 3.73. The van der Waals surface area contributed by atoms with Crippen LogP contribution in [0, 0.1) is 0 Å². The van der Waals surface area contributed by atoms with Crippen LogP contribution in [-0.4, -0.2) is 75.5 Å². The third-order valence-corrected chi connectivity index (χ3v) is 7.23. The monoisotopic (exact) mass is 439 g/mol. The number of nitrogens with one attached hydrogen (secondary N) is 3. The van der Waals surface area contributed by atoms with Gasteiger partial charge in [-0.05, 0) is 51.4 Å². The molecule has 1 aromatic heterocycles. The Hall–Kier alpha value is -2.07. The summed E-state index contributed by atoms with van der Waals surface area (Å²) in [5.74, 6) is 1.63. The zero-order chi connectivity index (χ0) is 21.4. The van der Waals surface area contributed by atoms with Crippen molar-refractivity contribution in [1.82, 2.24) is 20.9 Å². The van der Waals surface area contributed by atoms with E-state index < -0.39 is 9.84 Å². The number of rotatable bonds is 9. The smallest absolute Gasteiger partial charge is 0.222 e. The Bertz CT molecular complexity index is 803. The number of amides is 1. The van der Waals surface area contributed by atoms with Gasteiger partial charge in [-0.3, -0.25) is 14.7 Å². The molecule has 2 fully saturated rings. The van der Waals surface area contributed by atoms with Crippen molar-refractivity contribution in [3.05, 3.63) is 24.2 Å². The molecule has 2 saturated heterocycles. The number of guanidine groups is 1. The third kappa shape index (κ3) is 6.73. The first-order valence-electron chi connectivity index (χ1n) is 10.8. The van der Waals surface area contributed by atoms with Gasteiger partial charge in [0.15, 0.2) is 15.8 Å². The predicted molar refractivity (Wildman–Crippen MR) is 116 cm³/mol. The fourth-order valence-electron chi connectivity index (χ4n) is 3.94. The SMILES string of the molecule is CCNC(=NCC(c1ccco1)N1CCCC1)NCCC(=O)NC1CCS(=O)(=O)C1. The van der Waals surface area contributed by atoms with Gasteiger partial charge in [0.05, 0.1) is 30.4 Å². The largest absolute Gasteiger partial charge is 0.468 e. The van der Waals surface area contributed by atoms with Gasteiger partial charge in [0.1, 0.15) is 5.76 Å². The molecule has 2 aliphatic rings. The minimum Gasteiger partial charge on any atom is -0.468 e. The van der Waals surface area contributed by atoms with Crippen molar-refractivity contribution in [3.8, 4) is 0 Å². The molecule has 3 heterocycles. The predicted octanol–water partition coefficient (Wildman–Crippen LogP) is 0.665. The summed E-state index contributed by atoms with van der Waals surface area (Å²) in [5.41, 5.74) is 0. The minimum absolute atomic E-state index is 0.0426. The van der Waals surface area contributed by atoms with Crippen molar-refractivity contribution in [2.24, 2.45) is 4.99 Å². The molecule has 3 N–H and O–H groups in total. The summed E-state index contributed by atoms with van der Waals surface area (Å²) in [6.45, 7) is 5.78. The highest BCUT2D eigenvalue weighted by Crippen LogP contribution is 2.25. The molecule has 2 atom stereocenters. The molecule has 3 rings (SSSR count). The number of nitrogens with zero attached hydrogens (tertiary/aromatic N) is 2. The molecular weight excluding hydrogens is 406 g/mol. The van der Waals surface area contributed by atoms with E-state index in [1.807, 2.05) is 19.1 Å². The highest BCUT2D eigenvalue weighted by molar-refractivity contribution is 7.91. The van der Waals surface area contributed by atoms with E-state index in [0.29, 0.717) is 32.0 Å². The second-order valence-electron chi connectivity index (χ2n) is 7.84. The maximum atomic E-state index is 12.1. The molecule has 2 unspecified atom stereocenters. The molecule has 0 aromatic carbocycles. The second kappa shape index (κ2) is 10.8. The first kappa shape index (κ1) is 22.6. The molecule has 0 radical (unpaired) electrons. The van der Waals surface area contributed by atoms with Gasteiger partial charge in [-0.25, -0.2) is 8.42 Å². The molecule has 0 aliphatic carbocycles. The highest BCUT2D eigenvalue weighted by atomic mass is 32.2. The van der Waals surface area contributed by atoms with Crippen LogP contribution in [-0.2, 0) is 14.6 Å². The van der Waals surface area contributed by atoms with E-state index >= 15 is 0 Å². The van der Waals surface area contributed by atoms with Crippen molar-refractivity contribution in [2.45, 2.75) is 44.7 Å². The van der Waals surface area contributed by atoms with Gasteiger partial charge in [-0.1, -0.05) is 0 Å². The third-order valence-electron chi connectivity index (χ3n) is 5.46. The molecule has 1 amide bonds. The Balaban J connectivity index is 1.49. The van der Waals surface area contributed by atoms with Crippen LogP contribution in [0.15, 0.2) is 27.8 Å². The van der Waals surface area contributed by atoms with Gasteiger partial charge < -0.3 is 20.4 Å². The number of hydrogen-bond acceptors (Lipinski definition) is 6. The van der Waals surface area contributed by atoms with E-state index in [-0.39, 0.29) is 35.9 Å². The quantitative estimate of drug-likeness (QED) is 0.382. The van der Waals surface area contributed by atoms with E-state index in [1.54, 1.807) is 6.26 Å². The van der Waals surface area contributed by atoms with Crippen LogP contribution in [0.25, 0.3) is 0 Å². The minimum atomic E-state index is -2.99. The lowest BCUT2D eigenvalue weighted by atomic mass is 10.2. The molecule has 9 nitrogen and oxygen atoms in total. The first-order valence-corrected chi connectivity index (χ1v) is 12.6. The van der Waals surface area contributed by atoms with Gasteiger partial charge in [-0.15, -0.1) is 0 Å². The van der Waals surface area contributed by atoms with Gasteiger partial charge in [-0.2, -0.15) is 0 Å². The Labute approximate surface area is 178 Å². The normalized spacial score (nSPS) is 22.7. The second-order valence-corrected chi connectivity index (χ2v) is 10.1. The number of likely N-dealkylation sites (tertiary alicyclic amines) is 1. The molecule has 1 aromatic rings. The number of aliphatic imine (C=N–C) groups is 1. The lowest BCUT2D eigenvalue weighted by molar-refractivity contribution is -0.121. The lowest BCUT2D eigenvalue weighted by Crippen LogP contribution is -2.41. The van der Waals surface area contributed by atoms with Gasteiger partial charge >= 0.3 is 0 Å². The molecule has 10 heteroatoms. The Morgan fingerprint density at radius 2 is 2.13 bits per heavy atom. The molecule has 0 spiro atoms. The van der Waals surface area contributed by atoms with Crippen molar-refractivity contribution >= 4 is 21.7 Å². The summed E-state index contributed by atoms with van der Waals surface area (Å²) >= 11 is 0. The summed E-state index contributed by atoms with van der Waals surface area (Å²) in [4.78, 5) is 19.2. The average Bonchev–Trinajstić information content (AvgIpc) is 3.45. The number of carbonyl (C=O) groups excluding carboxylic acids is 1. The number of hydrogen-bond donors (Lipinski definition) is 3. The lowest BCUT2D eigenvalue weighted by Gasteiger charge is -2.24. The fraction of sp³-hybridized carbons (Fsp3) is 0.700. The fourth-order valence-corrected chi connectivity index (χ4v) is 5.62.